The van der Waals surface area contributed by atoms with Gasteiger partial charge in [0.05, 0.1) is 18.9 Å². The lowest BCUT2D eigenvalue weighted by Crippen LogP contribution is -2.52. The van der Waals surface area contributed by atoms with Crippen molar-refractivity contribution in [2.45, 2.75) is 51.7 Å². The highest BCUT2D eigenvalue weighted by Gasteiger charge is 2.41. The summed E-state index contributed by atoms with van der Waals surface area (Å²) in [7, 11) is 1.97. The first-order valence-electron chi connectivity index (χ1n) is 13.5. The fraction of sp³-hybridized carbons (Fsp3) is 0.483. The second-order valence-electron chi connectivity index (χ2n) is 11.3. The van der Waals surface area contributed by atoms with Crippen molar-refractivity contribution in [1.82, 2.24) is 24.9 Å². The van der Waals surface area contributed by atoms with E-state index >= 15 is 0 Å². The largest absolute Gasteiger partial charge is 0.380 e. The Morgan fingerprint density at radius 3 is 2.58 bits per heavy atom. The highest BCUT2D eigenvalue weighted by atomic mass is 16.5. The summed E-state index contributed by atoms with van der Waals surface area (Å²) >= 11 is 0. The number of piperidine rings is 2. The summed E-state index contributed by atoms with van der Waals surface area (Å²) in [6, 6.07) is 9.63. The maximum absolute atomic E-state index is 13.1. The van der Waals surface area contributed by atoms with Crippen molar-refractivity contribution >= 4 is 17.7 Å². The summed E-state index contributed by atoms with van der Waals surface area (Å²) < 4.78 is 7.43. The summed E-state index contributed by atoms with van der Waals surface area (Å²) in [5.74, 6) is -0.825. The number of hydrogen-bond donors (Lipinski definition) is 2. The van der Waals surface area contributed by atoms with E-state index in [0.29, 0.717) is 23.9 Å². The number of nitrogens with zero attached hydrogens (tertiary/aromatic N) is 3. The molecule has 0 bridgehead atoms. The van der Waals surface area contributed by atoms with Crippen molar-refractivity contribution in [2.24, 2.45) is 12.5 Å². The third-order valence-electron chi connectivity index (χ3n) is 8.63. The van der Waals surface area contributed by atoms with Gasteiger partial charge in [-0.1, -0.05) is 6.07 Å². The smallest absolute Gasteiger partial charge is 0.255 e. The van der Waals surface area contributed by atoms with Crippen LogP contribution in [0.1, 0.15) is 52.7 Å². The van der Waals surface area contributed by atoms with Gasteiger partial charge < -0.3 is 9.64 Å². The summed E-state index contributed by atoms with van der Waals surface area (Å²) in [6.45, 7) is 7.38. The number of fused-ring (bicyclic) bond motifs is 1. The van der Waals surface area contributed by atoms with E-state index in [1.807, 2.05) is 36.1 Å². The molecule has 1 aromatic carbocycles. The predicted molar refractivity (Wildman–Crippen MR) is 141 cm³/mol. The number of carbonyl (C=O) groups excluding carboxylic acids is 3. The molecule has 6 rings (SSSR count). The molecule has 1 spiro atoms. The van der Waals surface area contributed by atoms with Gasteiger partial charge in [0, 0.05) is 43.7 Å². The Bertz CT molecular complexity index is 1340. The summed E-state index contributed by atoms with van der Waals surface area (Å²) in [5, 5.41) is 5.85. The number of benzene rings is 1. The number of nitrogens with one attached hydrogen (secondary N) is 2. The number of H-pyrrole nitrogens is 1. The van der Waals surface area contributed by atoms with Gasteiger partial charge in [-0.25, -0.2) is 0 Å². The Hall–Kier alpha value is -3.43. The number of imide groups is 1. The first-order chi connectivity index (χ1) is 18.3. The molecular weight excluding hydrogens is 482 g/mol. The summed E-state index contributed by atoms with van der Waals surface area (Å²) in [4.78, 5) is 41.3. The second kappa shape index (κ2) is 9.71. The second-order valence-corrected chi connectivity index (χ2v) is 11.3. The third kappa shape index (κ3) is 4.65. The first kappa shape index (κ1) is 24.9. The number of carbonyl (C=O) groups is 3. The number of aryl methyl sites for hydroxylation is 2. The Morgan fingerprint density at radius 1 is 1.08 bits per heavy atom. The molecule has 9 heteroatoms. The highest BCUT2D eigenvalue weighted by Crippen LogP contribution is 2.39. The van der Waals surface area contributed by atoms with Crippen LogP contribution in [0.3, 0.4) is 0 Å². The Balaban J connectivity index is 1.27. The van der Waals surface area contributed by atoms with Crippen LogP contribution in [0.5, 0.6) is 0 Å². The number of amides is 3. The van der Waals surface area contributed by atoms with E-state index in [4.69, 9.17) is 4.74 Å². The zero-order chi connectivity index (χ0) is 26.4. The van der Waals surface area contributed by atoms with E-state index in [1.54, 1.807) is 4.90 Å². The minimum atomic E-state index is -0.613. The molecule has 3 fully saturated rings. The molecule has 2 aromatic rings. The molecule has 9 nitrogen and oxygen atoms in total. The fourth-order valence-corrected chi connectivity index (χ4v) is 6.04. The molecule has 3 amide bonds. The van der Waals surface area contributed by atoms with Crippen LogP contribution in [0.15, 0.2) is 36.5 Å². The topological polar surface area (TPSA) is 99.7 Å². The highest BCUT2D eigenvalue weighted by molar-refractivity contribution is 6.05. The van der Waals surface area contributed by atoms with Crippen molar-refractivity contribution in [2.75, 3.05) is 26.3 Å². The van der Waals surface area contributed by atoms with Crippen LogP contribution < -0.4 is 5.32 Å². The van der Waals surface area contributed by atoms with Crippen molar-refractivity contribution in [3.8, 4) is 11.3 Å². The van der Waals surface area contributed by atoms with Gasteiger partial charge in [0.1, 0.15) is 6.04 Å². The lowest BCUT2D eigenvalue weighted by Gasteiger charge is -2.47. The average molecular weight is 518 g/mol. The van der Waals surface area contributed by atoms with Crippen LogP contribution in [0.4, 0.5) is 0 Å². The lowest BCUT2D eigenvalue weighted by molar-refractivity contribution is -0.140. The predicted octanol–water partition coefficient (Wildman–Crippen LogP) is 2.83. The van der Waals surface area contributed by atoms with Crippen LogP contribution in [0, 0.1) is 12.3 Å². The lowest BCUT2D eigenvalue weighted by atomic mass is 9.77. The van der Waals surface area contributed by atoms with Crippen molar-refractivity contribution in [3.63, 3.8) is 0 Å². The molecule has 1 atom stereocenters. The van der Waals surface area contributed by atoms with Crippen LogP contribution in [-0.2, 0) is 34.5 Å². The summed E-state index contributed by atoms with van der Waals surface area (Å²) in [6.07, 6.45) is 5.02. The van der Waals surface area contributed by atoms with Gasteiger partial charge >= 0.3 is 0 Å². The minimum Gasteiger partial charge on any atom is -0.380 e. The summed E-state index contributed by atoms with van der Waals surface area (Å²) in [5.41, 5.74) is 6.36. The normalized spacial score (nSPS) is 22.7. The molecule has 0 radical (unpaired) electrons. The molecule has 200 valence electrons. The van der Waals surface area contributed by atoms with Crippen LogP contribution in [0.2, 0.25) is 0 Å². The van der Waals surface area contributed by atoms with E-state index in [1.165, 1.54) is 24.0 Å². The molecule has 0 saturated carbocycles. The molecule has 4 aliphatic heterocycles. The zero-order valence-corrected chi connectivity index (χ0v) is 22.1. The van der Waals surface area contributed by atoms with E-state index in [9.17, 15) is 14.4 Å². The molecule has 1 unspecified atom stereocenters. The number of hydrogen-bond acceptors (Lipinski definition) is 5. The monoisotopic (exact) mass is 517 g/mol. The fourth-order valence-electron chi connectivity index (χ4n) is 6.04. The average Bonchev–Trinajstić information content (AvgIpc) is 3.20. The number of rotatable bonds is 4. The molecule has 5 heterocycles. The quantitative estimate of drug-likeness (QED) is 0.608. The van der Waals surface area contributed by atoms with Crippen LogP contribution in [0.25, 0.3) is 11.3 Å². The van der Waals surface area contributed by atoms with Crippen LogP contribution in [-0.4, -0.2) is 69.6 Å². The molecule has 2 N–H and O–H groups in total. The van der Waals surface area contributed by atoms with Gasteiger partial charge in [-0.15, -0.1) is 0 Å². The standard InChI is InChI=1S/C29H35N5O4/c1-19-7-10-32(2)31-24(14-21(19)15-33-11-8-29(9-12-33)17-38-18-29)20-3-4-23-22(13-20)16-34(28(23)37)25-5-6-26(35)30-27(25)36/h3-4,7,10,13-14,25,31H,5-6,8-9,11-12,15-18H2,1-2H3,(H,30,35,36). The Labute approximate surface area is 222 Å². The molecule has 1 aromatic heterocycles. The van der Waals surface area contributed by atoms with Crippen LogP contribution >= 0.6 is 0 Å². The van der Waals surface area contributed by atoms with Gasteiger partial charge in [-0.05, 0) is 85.8 Å². The first-order valence-corrected chi connectivity index (χ1v) is 13.5. The molecular formula is C29H35N5O4. The van der Waals surface area contributed by atoms with E-state index in [-0.39, 0.29) is 24.1 Å². The molecule has 38 heavy (non-hydrogen) atoms. The van der Waals surface area contributed by atoms with Gasteiger partial charge in [0.25, 0.3) is 5.91 Å². The minimum absolute atomic E-state index is 0.156. The van der Waals surface area contributed by atoms with Crippen molar-refractivity contribution < 1.29 is 19.1 Å². The SMILES string of the molecule is Cc1ccn(C)[nH]c(-c2ccc3c(c2)CN(C2CCC(=O)NC2=O)C3=O)cc1CN1CCC2(CC1)COC2. The number of aromatic amines is 1. The molecule has 0 aliphatic carbocycles. The van der Waals surface area contributed by atoms with Crippen molar-refractivity contribution in [1.29, 1.82) is 0 Å². The molecule has 3 saturated heterocycles. The maximum Gasteiger partial charge on any atom is 0.255 e. The van der Waals surface area contributed by atoms with E-state index < -0.39 is 6.04 Å². The van der Waals surface area contributed by atoms with Crippen molar-refractivity contribution in [3.05, 3.63) is 58.8 Å². The number of likely N-dealkylation sites (tertiary alicyclic amines) is 1. The molecule has 4 aliphatic rings. The Morgan fingerprint density at radius 2 is 1.87 bits per heavy atom. The Kier molecular flexibility index (Phi) is 6.36. The van der Waals surface area contributed by atoms with Gasteiger partial charge in [-0.2, -0.15) is 0 Å². The third-order valence-corrected chi connectivity index (χ3v) is 8.63. The number of aromatic nitrogens is 2. The maximum atomic E-state index is 13.1. The van der Waals surface area contributed by atoms with E-state index in [0.717, 1.165) is 49.7 Å². The van der Waals surface area contributed by atoms with Gasteiger partial charge in [0.15, 0.2) is 0 Å². The van der Waals surface area contributed by atoms with E-state index in [2.05, 4.69) is 34.4 Å². The number of ether oxygens (including phenoxy) is 1. The zero-order valence-electron chi connectivity index (χ0n) is 22.1. The van der Waals surface area contributed by atoms with Gasteiger partial charge in [0.2, 0.25) is 11.8 Å². The van der Waals surface area contributed by atoms with Gasteiger partial charge in [-0.3, -0.25) is 34.4 Å².